The van der Waals surface area contributed by atoms with Crippen molar-refractivity contribution in [1.29, 1.82) is 0 Å². The highest BCUT2D eigenvalue weighted by molar-refractivity contribution is 5.46. The molecule has 0 unspecified atom stereocenters. The SMILES string of the molecule is CCc1ccc(N(C)C[C@@H](C)N)cc1. The highest BCUT2D eigenvalue weighted by Crippen LogP contribution is 2.13. The summed E-state index contributed by atoms with van der Waals surface area (Å²) in [6.07, 6.45) is 1.09. The van der Waals surface area contributed by atoms with E-state index in [9.17, 15) is 0 Å². The van der Waals surface area contributed by atoms with Gasteiger partial charge in [0, 0.05) is 25.3 Å². The van der Waals surface area contributed by atoms with Crippen LogP contribution in [0.15, 0.2) is 24.3 Å². The van der Waals surface area contributed by atoms with Crippen LogP contribution in [0.25, 0.3) is 0 Å². The molecule has 0 aliphatic carbocycles. The lowest BCUT2D eigenvalue weighted by molar-refractivity contribution is 0.717. The summed E-state index contributed by atoms with van der Waals surface area (Å²) in [5.41, 5.74) is 8.36. The van der Waals surface area contributed by atoms with Crippen molar-refractivity contribution in [3.8, 4) is 0 Å². The molecule has 0 aromatic heterocycles. The van der Waals surface area contributed by atoms with Crippen molar-refractivity contribution in [2.24, 2.45) is 5.73 Å². The Balaban J connectivity index is 2.66. The highest BCUT2D eigenvalue weighted by atomic mass is 15.1. The van der Waals surface area contributed by atoms with E-state index in [0.717, 1.165) is 13.0 Å². The number of benzene rings is 1. The number of hydrogen-bond acceptors (Lipinski definition) is 2. The van der Waals surface area contributed by atoms with Gasteiger partial charge in [-0.25, -0.2) is 0 Å². The quantitative estimate of drug-likeness (QED) is 0.791. The Morgan fingerprint density at radius 3 is 2.29 bits per heavy atom. The summed E-state index contributed by atoms with van der Waals surface area (Å²) in [4.78, 5) is 2.18. The van der Waals surface area contributed by atoms with Crippen molar-refractivity contribution in [3.63, 3.8) is 0 Å². The summed E-state index contributed by atoms with van der Waals surface area (Å²) in [6, 6.07) is 8.87. The average Bonchev–Trinajstić information content (AvgIpc) is 2.17. The maximum atomic E-state index is 5.75. The van der Waals surface area contributed by atoms with Crippen LogP contribution >= 0.6 is 0 Å². The van der Waals surface area contributed by atoms with Crippen LogP contribution in [0, 0.1) is 0 Å². The zero-order valence-corrected chi connectivity index (χ0v) is 9.33. The zero-order valence-electron chi connectivity index (χ0n) is 9.33. The molecule has 2 N–H and O–H groups in total. The summed E-state index contributed by atoms with van der Waals surface area (Å²) in [5.74, 6) is 0. The van der Waals surface area contributed by atoms with E-state index in [0.29, 0.717) is 0 Å². The van der Waals surface area contributed by atoms with Crippen LogP contribution in [0.3, 0.4) is 0 Å². The molecule has 0 bridgehead atoms. The van der Waals surface area contributed by atoms with Crippen molar-refractivity contribution >= 4 is 5.69 Å². The third-order valence-corrected chi connectivity index (χ3v) is 2.35. The highest BCUT2D eigenvalue weighted by Gasteiger charge is 2.02. The van der Waals surface area contributed by atoms with Crippen molar-refractivity contribution in [2.45, 2.75) is 26.3 Å². The van der Waals surface area contributed by atoms with E-state index >= 15 is 0 Å². The normalized spacial score (nSPS) is 12.6. The van der Waals surface area contributed by atoms with E-state index in [-0.39, 0.29) is 6.04 Å². The minimum atomic E-state index is 0.214. The fourth-order valence-corrected chi connectivity index (χ4v) is 1.52. The van der Waals surface area contributed by atoms with Crippen LogP contribution < -0.4 is 10.6 Å². The number of hydrogen-bond donors (Lipinski definition) is 1. The minimum Gasteiger partial charge on any atom is -0.373 e. The second-order valence-electron chi connectivity index (χ2n) is 3.88. The molecule has 1 aromatic rings. The lowest BCUT2D eigenvalue weighted by Gasteiger charge is -2.21. The summed E-state index contributed by atoms with van der Waals surface area (Å²) >= 11 is 0. The first-order valence-electron chi connectivity index (χ1n) is 5.19. The van der Waals surface area contributed by atoms with Gasteiger partial charge in [0.05, 0.1) is 0 Å². The van der Waals surface area contributed by atoms with Gasteiger partial charge < -0.3 is 10.6 Å². The molecule has 0 spiro atoms. The van der Waals surface area contributed by atoms with Gasteiger partial charge >= 0.3 is 0 Å². The first-order valence-corrected chi connectivity index (χ1v) is 5.19. The maximum Gasteiger partial charge on any atom is 0.0364 e. The molecule has 0 fully saturated rings. The summed E-state index contributed by atoms with van der Waals surface area (Å²) in [6.45, 7) is 5.09. The van der Waals surface area contributed by atoms with Gasteiger partial charge in [0.1, 0.15) is 0 Å². The molecule has 0 aliphatic rings. The first kappa shape index (κ1) is 11.1. The molecule has 1 aromatic carbocycles. The van der Waals surface area contributed by atoms with Crippen LogP contribution in [-0.2, 0) is 6.42 Å². The van der Waals surface area contributed by atoms with Crippen LogP contribution in [0.4, 0.5) is 5.69 Å². The standard InChI is InChI=1S/C12H20N2/c1-4-11-5-7-12(8-6-11)14(3)9-10(2)13/h5-8,10H,4,9,13H2,1-3H3/t10-/m1/s1. The smallest absolute Gasteiger partial charge is 0.0364 e. The van der Waals surface area contributed by atoms with Gasteiger partial charge in [-0.05, 0) is 31.0 Å². The molecule has 2 heteroatoms. The Hall–Kier alpha value is -1.02. The van der Waals surface area contributed by atoms with Crippen molar-refractivity contribution < 1.29 is 0 Å². The number of nitrogens with zero attached hydrogens (tertiary/aromatic N) is 1. The maximum absolute atomic E-state index is 5.75. The average molecular weight is 192 g/mol. The van der Waals surface area contributed by atoms with E-state index in [2.05, 4.69) is 43.1 Å². The van der Waals surface area contributed by atoms with Gasteiger partial charge in [0.2, 0.25) is 0 Å². The largest absolute Gasteiger partial charge is 0.373 e. The Labute approximate surface area is 86.7 Å². The van der Waals surface area contributed by atoms with E-state index in [1.54, 1.807) is 0 Å². The van der Waals surface area contributed by atoms with Gasteiger partial charge in [0.15, 0.2) is 0 Å². The number of nitrogens with two attached hydrogens (primary N) is 1. The molecular weight excluding hydrogens is 172 g/mol. The number of likely N-dealkylation sites (N-methyl/N-ethyl adjacent to an activating group) is 1. The first-order chi connectivity index (χ1) is 6.63. The summed E-state index contributed by atoms with van der Waals surface area (Å²) in [7, 11) is 2.07. The van der Waals surface area contributed by atoms with E-state index < -0.39 is 0 Å². The van der Waals surface area contributed by atoms with Crippen LogP contribution in [0.5, 0.6) is 0 Å². The third kappa shape index (κ3) is 3.04. The molecule has 0 saturated heterocycles. The van der Waals surface area contributed by atoms with E-state index in [4.69, 9.17) is 5.73 Å². The van der Waals surface area contributed by atoms with E-state index in [1.165, 1.54) is 11.3 Å². The van der Waals surface area contributed by atoms with Crippen molar-refractivity contribution in [1.82, 2.24) is 0 Å². The lowest BCUT2D eigenvalue weighted by atomic mass is 10.1. The van der Waals surface area contributed by atoms with Gasteiger partial charge in [0.25, 0.3) is 0 Å². The lowest BCUT2D eigenvalue weighted by Crippen LogP contribution is -2.32. The van der Waals surface area contributed by atoms with Gasteiger partial charge in [-0.15, -0.1) is 0 Å². The minimum absolute atomic E-state index is 0.214. The molecule has 78 valence electrons. The number of anilines is 1. The molecule has 0 amide bonds. The molecule has 14 heavy (non-hydrogen) atoms. The molecule has 0 heterocycles. The molecule has 0 radical (unpaired) electrons. The van der Waals surface area contributed by atoms with Gasteiger partial charge in [-0.1, -0.05) is 19.1 Å². The molecule has 2 nitrogen and oxygen atoms in total. The Morgan fingerprint density at radius 2 is 1.86 bits per heavy atom. The van der Waals surface area contributed by atoms with Crippen molar-refractivity contribution in [3.05, 3.63) is 29.8 Å². The predicted octanol–water partition coefficient (Wildman–Crippen LogP) is 2.03. The molecule has 0 saturated carbocycles. The fourth-order valence-electron chi connectivity index (χ4n) is 1.52. The van der Waals surface area contributed by atoms with Crippen LogP contribution in [0.2, 0.25) is 0 Å². The zero-order chi connectivity index (χ0) is 10.6. The van der Waals surface area contributed by atoms with Crippen molar-refractivity contribution in [2.75, 3.05) is 18.5 Å². The summed E-state index contributed by atoms with van der Waals surface area (Å²) in [5, 5.41) is 0. The van der Waals surface area contributed by atoms with Crippen LogP contribution in [0.1, 0.15) is 19.4 Å². The predicted molar refractivity (Wildman–Crippen MR) is 62.7 cm³/mol. The Kier molecular flexibility index (Phi) is 3.96. The van der Waals surface area contributed by atoms with E-state index in [1.807, 2.05) is 6.92 Å². The third-order valence-electron chi connectivity index (χ3n) is 2.35. The number of rotatable bonds is 4. The monoisotopic (exact) mass is 192 g/mol. The Morgan fingerprint density at radius 1 is 1.29 bits per heavy atom. The number of aryl methyl sites for hydroxylation is 1. The molecule has 0 aliphatic heterocycles. The van der Waals surface area contributed by atoms with Gasteiger partial charge in [-0.3, -0.25) is 0 Å². The second kappa shape index (κ2) is 5.01. The second-order valence-corrected chi connectivity index (χ2v) is 3.88. The Bertz CT molecular complexity index is 264. The molecule has 1 atom stereocenters. The van der Waals surface area contributed by atoms with Gasteiger partial charge in [-0.2, -0.15) is 0 Å². The summed E-state index contributed by atoms with van der Waals surface area (Å²) < 4.78 is 0. The topological polar surface area (TPSA) is 29.3 Å². The molecule has 1 rings (SSSR count). The van der Waals surface area contributed by atoms with Crippen LogP contribution in [-0.4, -0.2) is 19.6 Å². The molecular formula is C12H20N2. The fraction of sp³-hybridized carbons (Fsp3) is 0.500.